The van der Waals surface area contributed by atoms with Gasteiger partial charge >= 0.3 is 5.97 Å². The largest absolute Gasteiger partial charge is 0.467 e. The minimum atomic E-state index is -1.05. The number of nitriles is 1. The van der Waals surface area contributed by atoms with Gasteiger partial charge in [-0.2, -0.15) is 5.26 Å². The molecule has 0 saturated carbocycles. The third-order valence-corrected chi connectivity index (χ3v) is 4.14. The van der Waals surface area contributed by atoms with Crippen LogP contribution in [0.4, 0.5) is 11.4 Å². The molecule has 7 nitrogen and oxygen atoms in total. The van der Waals surface area contributed by atoms with E-state index >= 15 is 0 Å². The van der Waals surface area contributed by atoms with Gasteiger partial charge in [-0.25, -0.2) is 4.79 Å². The molecule has 3 aromatic rings. The Hall–Kier alpha value is -4.05. The third-order valence-electron chi connectivity index (χ3n) is 4.14. The molecule has 2 aromatic carbocycles. The van der Waals surface area contributed by atoms with Gasteiger partial charge in [0, 0.05) is 5.69 Å². The molecule has 0 spiro atoms. The highest BCUT2D eigenvalue weighted by Gasteiger charge is 2.21. The van der Waals surface area contributed by atoms with E-state index in [4.69, 9.17) is 14.4 Å². The zero-order valence-electron chi connectivity index (χ0n) is 15.7. The van der Waals surface area contributed by atoms with Crippen LogP contribution in [-0.4, -0.2) is 18.0 Å². The maximum atomic E-state index is 12.6. The number of hydrogen-bond donors (Lipinski definition) is 2. The molecule has 0 radical (unpaired) electrons. The van der Waals surface area contributed by atoms with E-state index < -0.39 is 18.0 Å². The number of carbonyl (C=O) groups excluding carboxylic acids is 2. The molecule has 0 fully saturated rings. The molecule has 0 aliphatic carbocycles. The number of nitrogens with one attached hydrogen (secondary N) is 2. The maximum absolute atomic E-state index is 12.6. The van der Waals surface area contributed by atoms with Crippen LogP contribution in [0, 0.1) is 11.3 Å². The first kappa shape index (κ1) is 19.7. The van der Waals surface area contributed by atoms with Crippen molar-refractivity contribution in [3.63, 3.8) is 0 Å². The van der Waals surface area contributed by atoms with Crippen molar-refractivity contribution in [2.75, 3.05) is 10.6 Å². The minimum absolute atomic E-state index is 0.302. The van der Waals surface area contributed by atoms with Crippen LogP contribution in [0.3, 0.4) is 0 Å². The van der Waals surface area contributed by atoms with Crippen molar-refractivity contribution in [2.45, 2.75) is 19.6 Å². The van der Waals surface area contributed by atoms with E-state index in [1.165, 1.54) is 6.92 Å². The SMILES string of the molecule is C[C@H](OC(=O)c1ccccc1NCc1ccco1)C(=O)Nc1ccccc1C#N. The van der Waals surface area contributed by atoms with Crippen LogP contribution < -0.4 is 10.6 Å². The van der Waals surface area contributed by atoms with Gasteiger partial charge in [0.25, 0.3) is 5.91 Å². The monoisotopic (exact) mass is 389 g/mol. The van der Waals surface area contributed by atoms with Crippen LogP contribution in [-0.2, 0) is 16.1 Å². The summed E-state index contributed by atoms with van der Waals surface area (Å²) < 4.78 is 10.6. The molecular formula is C22H19N3O4. The number of esters is 1. The van der Waals surface area contributed by atoms with E-state index in [-0.39, 0.29) is 0 Å². The van der Waals surface area contributed by atoms with Crippen LogP contribution in [0.25, 0.3) is 0 Å². The van der Waals surface area contributed by atoms with Gasteiger partial charge in [-0.15, -0.1) is 0 Å². The average Bonchev–Trinajstić information content (AvgIpc) is 3.26. The Labute approximate surface area is 167 Å². The van der Waals surface area contributed by atoms with E-state index in [0.717, 1.165) is 5.76 Å². The Bertz CT molecular complexity index is 1040. The molecule has 29 heavy (non-hydrogen) atoms. The van der Waals surface area contributed by atoms with E-state index in [2.05, 4.69) is 10.6 Å². The molecule has 1 heterocycles. The van der Waals surface area contributed by atoms with Crippen molar-refractivity contribution in [3.05, 3.63) is 83.8 Å². The van der Waals surface area contributed by atoms with Crippen LogP contribution in [0.5, 0.6) is 0 Å². The second-order valence-corrected chi connectivity index (χ2v) is 6.17. The number of rotatable bonds is 7. The van der Waals surface area contributed by atoms with E-state index in [0.29, 0.717) is 29.0 Å². The lowest BCUT2D eigenvalue weighted by Gasteiger charge is -2.16. The molecule has 2 N–H and O–H groups in total. The first-order chi connectivity index (χ1) is 14.1. The molecule has 3 rings (SSSR count). The fraction of sp³-hybridized carbons (Fsp3) is 0.136. The summed E-state index contributed by atoms with van der Waals surface area (Å²) in [5.74, 6) is -0.442. The normalized spacial score (nSPS) is 11.2. The fourth-order valence-corrected chi connectivity index (χ4v) is 2.61. The second-order valence-electron chi connectivity index (χ2n) is 6.17. The molecule has 0 bridgehead atoms. The molecule has 0 aliphatic rings. The van der Waals surface area contributed by atoms with Gasteiger partial charge in [0.05, 0.1) is 29.6 Å². The lowest BCUT2D eigenvalue weighted by atomic mass is 10.1. The fourth-order valence-electron chi connectivity index (χ4n) is 2.61. The Morgan fingerprint density at radius 2 is 1.79 bits per heavy atom. The summed E-state index contributed by atoms with van der Waals surface area (Å²) >= 11 is 0. The number of ether oxygens (including phenoxy) is 1. The summed E-state index contributed by atoms with van der Waals surface area (Å²) in [5, 5.41) is 14.8. The predicted molar refractivity (Wildman–Crippen MR) is 107 cm³/mol. The number of amides is 1. The lowest BCUT2D eigenvalue weighted by Crippen LogP contribution is -2.30. The number of hydrogen-bond acceptors (Lipinski definition) is 6. The van der Waals surface area contributed by atoms with E-state index in [1.54, 1.807) is 60.9 Å². The standard InChI is InChI=1S/C22H19N3O4/c1-15(21(26)25-19-10-4-2-7-16(19)13-23)29-22(27)18-9-3-5-11-20(18)24-14-17-8-6-12-28-17/h2-12,15,24H,14H2,1H3,(H,25,26)/t15-/m0/s1. The Kier molecular flexibility index (Phi) is 6.28. The van der Waals surface area contributed by atoms with Gasteiger partial charge in [-0.1, -0.05) is 24.3 Å². The van der Waals surface area contributed by atoms with E-state index in [1.807, 2.05) is 12.1 Å². The van der Waals surface area contributed by atoms with Gasteiger partial charge in [0.15, 0.2) is 6.10 Å². The molecule has 146 valence electrons. The van der Waals surface area contributed by atoms with E-state index in [9.17, 15) is 9.59 Å². The number of para-hydroxylation sites is 2. The molecule has 0 aliphatic heterocycles. The van der Waals surface area contributed by atoms with Crippen LogP contribution in [0.1, 0.15) is 28.6 Å². The van der Waals surface area contributed by atoms with Crippen LogP contribution in [0.15, 0.2) is 71.3 Å². The highest BCUT2D eigenvalue weighted by Crippen LogP contribution is 2.19. The van der Waals surface area contributed by atoms with Crippen molar-refractivity contribution >= 4 is 23.3 Å². The second kappa shape index (κ2) is 9.24. The van der Waals surface area contributed by atoms with Crippen LogP contribution in [0.2, 0.25) is 0 Å². The van der Waals surface area contributed by atoms with Crippen molar-refractivity contribution in [2.24, 2.45) is 0 Å². The molecule has 0 saturated heterocycles. The van der Waals surface area contributed by atoms with Crippen LogP contribution >= 0.6 is 0 Å². The van der Waals surface area contributed by atoms with Crippen molar-refractivity contribution in [3.8, 4) is 6.07 Å². The maximum Gasteiger partial charge on any atom is 0.341 e. The number of furan rings is 1. The summed E-state index contributed by atoms with van der Waals surface area (Å²) in [7, 11) is 0. The topological polar surface area (TPSA) is 104 Å². The predicted octanol–water partition coefficient (Wildman–Crippen LogP) is 3.95. The zero-order chi connectivity index (χ0) is 20.6. The molecule has 1 atom stereocenters. The Morgan fingerprint density at radius 1 is 1.07 bits per heavy atom. The number of anilines is 2. The number of benzene rings is 2. The first-order valence-corrected chi connectivity index (χ1v) is 8.94. The lowest BCUT2D eigenvalue weighted by molar-refractivity contribution is -0.123. The van der Waals surface area contributed by atoms with Gasteiger partial charge in [-0.05, 0) is 43.3 Å². The van der Waals surface area contributed by atoms with Crippen molar-refractivity contribution in [1.29, 1.82) is 5.26 Å². The zero-order valence-corrected chi connectivity index (χ0v) is 15.7. The highest BCUT2D eigenvalue weighted by atomic mass is 16.5. The van der Waals surface area contributed by atoms with Gasteiger partial charge < -0.3 is 19.8 Å². The van der Waals surface area contributed by atoms with Gasteiger partial charge in [0.1, 0.15) is 11.8 Å². The average molecular weight is 389 g/mol. The summed E-state index contributed by atoms with van der Waals surface area (Å²) in [4.78, 5) is 25.0. The summed E-state index contributed by atoms with van der Waals surface area (Å²) in [5.41, 5.74) is 1.56. The quantitative estimate of drug-likeness (QED) is 0.593. The Balaban J connectivity index is 1.65. The summed E-state index contributed by atoms with van der Waals surface area (Å²) in [6, 6.07) is 19.1. The Morgan fingerprint density at radius 3 is 2.52 bits per heavy atom. The molecule has 1 aromatic heterocycles. The highest BCUT2D eigenvalue weighted by molar-refractivity contribution is 6.00. The minimum Gasteiger partial charge on any atom is -0.467 e. The molecular weight excluding hydrogens is 370 g/mol. The smallest absolute Gasteiger partial charge is 0.341 e. The van der Waals surface area contributed by atoms with Crippen molar-refractivity contribution in [1.82, 2.24) is 0 Å². The molecule has 7 heteroatoms. The third kappa shape index (κ3) is 5.02. The van der Waals surface area contributed by atoms with Gasteiger partial charge in [-0.3, -0.25) is 4.79 Å². The first-order valence-electron chi connectivity index (χ1n) is 8.94. The molecule has 1 amide bonds. The number of nitrogens with zero attached hydrogens (tertiary/aromatic N) is 1. The van der Waals surface area contributed by atoms with Gasteiger partial charge in [0.2, 0.25) is 0 Å². The summed E-state index contributed by atoms with van der Waals surface area (Å²) in [6.07, 6.45) is 0.523. The summed E-state index contributed by atoms with van der Waals surface area (Å²) in [6.45, 7) is 1.87. The van der Waals surface area contributed by atoms with Crippen molar-refractivity contribution < 1.29 is 18.7 Å². The number of carbonyl (C=O) groups is 2. The molecule has 0 unspecified atom stereocenters.